The molecule has 1 amide bonds. The number of rotatable bonds is 2. The maximum atomic E-state index is 11.6. The maximum Gasteiger partial charge on any atom is 0.256 e. The molecule has 2 N–H and O–H groups in total. The highest BCUT2D eigenvalue weighted by Gasteiger charge is 2.06. The largest absolute Gasteiger partial charge is 0.305 e. The third-order valence-corrected chi connectivity index (χ3v) is 2.02. The molecule has 1 aromatic carbocycles. The summed E-state index contributed by atoms with van der Waals surface area (Å²) >= 11 is 5.62. The summed E-state index contributed by atoms with van der Waals surface area (Å²) in [5.41, 5.74) is 0.580. The van der Waals surface area contributed by atoms with Crippen molar-refractivity contribution in [3.05, 3.63) is 47.1 Å². The number of hydrogen-bond donors (Lipinski definition) is 2. The Kier molecular flexibility index (Phi) is 2.69. The van der Waals surface area contributed by atoms with Crippen LogP contribution in [0.5, 0.6) is 0 Å². The smallest absolute Gasteiger partial charge is 0.256 e. The van der Waals surface area contributed by atoms with E-state index in [2.05, 4.69) is 15.5 Å². The van der Waals surface area contributed by atoms with Gasteiger partial charge in [0.2, 0.25) is 0 Å². The van der Waals surface area contributed by atoms with Gasteiger partial charge in [0.25, 0.3) is 5.91 Å². The van der Waals surface area contributed by atoms with Crippen molar-refractivity contribution in [3.8, 4) is 0 Å². The van der Waals surface area contributed by atoms with Crippen LogP contribution in [0.2, 0.25) is 5.15 Å². The lowest BCUT2D eigenvalue weighted by atomic mass is 10.2. The minimum atomic E-state index is -0.209. The number of benzene rings is 1. The molecule has 0 bridgehead atoms. The fraction of sp³-hybridized carbons (Fsp3) is 0. The third kappa shape index (κ3) is 2.35. The van der Waals surface area contributed by atoms with Crippen molar-refractivity contribution in [1.29, 1.82) is 0 Å². The summed E-state index contributed by atoms with van der Waals surface area (Å²) in [7, 11) is 0. The molecule has 0 saturated carbocycles. The zero-order valence-corrected chi connectivity index (χ0v) is 8.45. The second-order valence-corrected chi connectivity index (χ2v) is 3.33. The molecule has 1 heterocycles. The van der Waals surface area contributed by atoms with E-state index in [1.54, 1.807) is 30.3 Å². The van der Waals surface area contributed by atoms with E-state index in [-0.39, 0.29) is 5.91 Å². The number of carbonyl (C=O) groups is 1. The highest BCUT2D eigenvalue weighted by molar-refractivity contribution is 6.29. The second-order valence-electron chi connectivity index (χ2n) is 2.92. The van der Waals surface area contributed by atoms with Crippen LogP contribution in [-0.2, 0) is 0 Å². The van der Waals surface area contributed by atoms with Crippen molar-refractivity contribution >= 4 is 23.3 Å². The first-order valence-corrected chi connectivity index (χ1v) is 4.71. The van der Waals surface area contributed by atoms with Crippen LogP contribution in [0.25, 0.3) is 0 Å². The Balaban J connectivity index is 2.11. The van der Waals surface area contributed by atoms with E-state index < -0.39 is 0 Å². The predicted octanol–water partition coefficient (Wildman–Crippen LogP) is 2.32. The van der Waals surface area contributed by atoms with Gasteiger partial charge in [-0.25, -0.2) is 0 Å². The molecule has 0 fully saturated rings. The number of nitrogens with one attached hydrogen (secondary N) is 2. The van der Waals surface area contributed by atoms with Crippen LogP contribution in [0.4, 0.5) is 5.82 Å². The average molecular weight is 222 g/mol. The first-order valence-electron chi connectivity index (χ1n) is 4.33. The van der Waals surface area contributed by atoms with Crippen LogP contribution >= 0.6 is 11.6 Å². The lowest BCUT2D eigenvalue weighted by molar-refractivity contribution is 0.102. The molecule has 5 heteroatoms. The van der Waals surface area contributed by atoms with Crippen LogP contribution in [-0.4, -0.2) is 16.1 Å². The summed E-state index contributed by atoms with van der Waals surface area (Å²) in [5, 5.41) is 9.32. The van der Waals surface area contributed by atoms with Gasteiger partial charge < -0.3 is 5.32 Å². The van der Waals surface area contributed by atoms with E-state index in [1.807, 2.05) is 6.07 Å². The predicted molar refractivity (Wildman–Crippen MR) is 58.0 cm³/mol. The van der Waals surface area contributed by atoms with E-state index >= 15 is 0 Å². The molecule has 1 aromatic heterocycles. The molecule has 0 atom stereocenters. The maximum absolute atomic E-state index is 11.6. The summed E-state index contributed by atoms with van der Waals surface area (Å²) in [5.74, 6) is 0.201. The van der Waals surface area contributed by atoms with Crippen LogP contribution in [0.3, 0.4) is 0 Å². The van der Waals surface area contributed by atoms with Gasteiger partial charge in [-0.3, -0.25) is 9.89 Å². The van der Waals surface area contributed by atoms with Gasteiger partial charge in [0, 0.05) is 11.6 Å². The average Bonchev–Trinajstić information content (AvgIpc) is 2.65. The van der Waals surface area contributed by atoms with Crippen LogP contribution < -0.4 is 5.32 Å². The summed E-state index contributed by atoms with van der Waals surface area (Å²) in [4.78, 5) is 11.6. The Morgan fingerprint density at radius 2 is 2.07 bits per heavy atom. The molecule has 2 rings (SSSR count). The van der Waals surface area contributed by atoms with Crippen molar-refractivity contribution < 1.29 is 4.79 Å². The first kappa shape index (κ1) is 9.73. The topological polar surface area (TPSA) is 57.8 Å². The minimum Gasteiger partial charge on any atom is -0.305 e. The Morgan fingerprint density at radius 1 is 1.33 bits per heavy atom. The van der Waals surface area contributed by atoms with Crippen LogP contribution in [0.1, 0.15) is 10.4 Å². The lowest BCUT2D eigenvalue weighted by Gasteiger charge is -2.00. The van der Waals surface area contributed by atoms with Crippen molar-refractivity contribution in [2.45, 2.75) is 0 Å². The third-order valence-electron chi connectivity index (χ3n) is 1.82. The highest BCUT2D eigenvalue weighted by atomic mass is 35.5. The minimum absolute atomic E-state index is 0.209. The number of aromatic nitrogens is 2. The van der Waals surface area contributed by atoms with Gasteiger partial charge in [-0.05, 0) is 12.1 Å². The first-order chi connectivity index (χ1) is 7.25. The molecule has 4 nitrogen and oxygen atoms in total. The Hall–Kier alpha value is -1.81. The number of hydrogen-bond acceptors (Lipinski definition) is 2. The monoisotopic (exact) mass is 221 g/mol. The van der Waals surface area contributed by atoms with Crippen molar-refractivity contribution in [1.82, 2.24) is 10.2 Å². The molecule has 0 aliphatic rings. The summed E-state index contributed by atoms with van der Waals surface area (Å²) in [6.45, 7) is 0. The van der Waals surface area contributed by atoms with E-state index in [0.29, 0.717) is 16.5 Å². The van der Waals surface area contributed by atoms with Gasteiger partial charge in [0.1, 0.15) is 5.15 Å². The Bertz CT molecular complexity index is 467. The van der Waals surface area contributed by atoms with Gasteiger partial charge in [-0.1, -0.05) is 29.8 Å². The van der Waals surface area contributed by atoms with E-state index in [4.69, 9.17) is 11.6 Å². The van der Waals surface area contributed by atoms with Crippen molar-refractivity contribution in [2.24, 2.45) is 0 Å². The number of amides is 1. The normalized spacial score (nSPS) is 9.93. The van der Waals surface area contributed by atoms with Crippen molar-refractivity contribution in [3.63, 3.8) is 0 Å². The van der Waals surface area contributed by atoms with Crippen LogP contribution in [0, 0.1) is 0 Å². The Morgan fingerprint density at radius 3 is 2.67 bits per heavy atom. The van der Waals surface area contributed by atoms with Gasteiger partial charge in [-0.15, -0.1) is 0 Å². The molecule has 0 unspecified atom stereocenters. The van der Waals surface area contributed by atoms with E-state index in [9.17, 15) is 4.79 Å². The number of halogens is 1. The molecule has 2 aromatic rings. The molecule has 0 aliphatic carbocycles. The van der Waals surface area contributed by atoms with E-state index in [0.717, 1.165) is 0 Å². The van der Waals surface area contributed by atoms with E-state index in [1.165, 1.54) is 0 Å². The SMILES string of the molecule is O=C(Nc1cc(Cl)[nH]n1)c1ccccc1. The quantitative estimate of drug-likeness (QED) is 0.818. The van der Waals surface area contributed by atoms with Gasteiger partial charge in [0.15, 0.2) is 5.82 Å². The molecular weight excluding hydrogens is 214 g/mol. The van der Waals surface area contributed by atoms with Crippen molar-refractivity contribution in [2.75, 3.05) is 5.32 Å². The molecule has 0 aliphatic heterocycles. The lowest BCUT2D eigenvalue weighted by Crippen LogP contribution is -2.11. The molecule has 15 heavy (non-hydrogen) atoms. The number of carbonyl (C=O) groups excluding carboxylic acids is 1. The molecule has 0 spiro atoms. The summed E-state index contributed by atoms with van der Waals surface area (Å²) < 4.78 is 0. The standard InChI is InChI=1S/C10H8ClN3O/c11-8-6-9(14-13-8)12-10(15)7-4-2-1-3-5-7/h1-6H,(H2,12,13,14,15). The zero-order chi connectivity index (χ0) is 10.7. The van der Waals surface area contributed by atoms with Gasteiger partial charge >= 0.3 is 0 Å². The highest BCUT2D eigenvalue weighted by Crippen LogP contribution is 2.11. The zero-order valence-electron chi connectivity index (χ0n) is 7.70. The fourth-order valence-corrected chi connectivity index (χ4v) is 1.29. The molecule has 76 valence electrons. The fourth-order valence-electron chi connectivity index (χ4n) is 1.14. The number of aromatic amines is 1. The Labute approximate surface area is 91.3 Å². The number of nitrogens with zero attached hydrogens (tertiary/aromatic N) is 1. The number of H-pyrrole nitrogens is 1. The molecule has 0 saturated heterocycles. The number of anilines is 1. The van der Waals surface area contributed by atoms with Crippen LogP contribution in [0.15, 0.2) is 36.4 Å². The van der Waals surface area contributed by atoms with Gasteiger partial charge in [-0.2, -0.15) is 5.10 Å². The second kappa shape index (κ2) is 4.14. The summed E-state index contributed by atoms with van der Waals surface area (Å²) in [6.07, 6.45) is 0. The molecular formula is C10H8ClN3O. The van der Waals surface area contributed by atoms with Gasteiger partial charge in [0.05, 0.1) is 0 Å². The summed E-state index contributed by atoms with van der Waals surface area (Å²) in [6, 6.07) is 10.4. The molecule has 0 radical (unpaired) electrons.